The molecule has 0 spiro atoms. The fraction of sp³-hybridized carbons (Fsp3) is 0.857. The molecule has 0 aromatic rings. The lowest BCUT2D eigenvalue weighted by Gasteiger charge is -2.01. The molecule has 1 radical (unpaired) electrons. The Balaban J connectivity index is 1.83. The van der Waals surface area contributed by atoms with Crippen molar-refractivity contribution in [2.75, 3.05) is 13.1 Å². The fourth-order valence-corrected chi connectivity index (χ4v) is 2.22. The van der Waals surface area contributed by atoms with Gasteiger partial charge >= 0.3 is 0 Å². The summed E-state index contributed by atoms with van der Waals surface area (Å²) in [6.45, 7) is 4.26. The molecule has 1 aliphatic rings. The molecule has 0 amide bonds. The van der Waals surface area contributed by atoms with Crippen molar-refractivity contribution in [1.82, 2.24) is 5.32 Å². The Hall–Kier alpha value is -0.300. The maximum Gasteiger partial charge on any atom is 0.0314 e. The van der Waals surface area contributed by atoms with Crippen LogP contribution in [0.25, 0.3) is 0 Å². The molecule has 0 bridgehead atoms. The van der Waals surface area contributed by atoms with Crippen molar-refractivity contribution < 1.29 is 0 Å². The van der Waals surface area contributed by atoms with E-state index in [9.17, 15) is 0 Å². The Morgan fingerprint density at radius 1 is 1.13 bits per heavy atom. The lowest BCUT2D eigenvalue weighted by molar-refractivity contribution is 0.611. The minimum Gasteiger partial charge on any atom is -0.238 e. The van der Waals surface area contributed by atoms with Crippen molar-refractivity contribution in [2.45, 2.75) is 58.3 Å². The van der Waals surface area contributed by atoms with Crippen LogP contribution in [0, 0.1) is 5.92 Å². The largest absolute Gasteiger partial charge is 0.238 e. The summed E-state index contributed by atoms with van der Waals surface area (Å²) in [5.74, 6) is 0.875. The van der Waals surface area contributed by atoms with E-state index < -0.39 is 0 Å². The average molecular weight is 208 g/mol. The van der Waals surface area contributed by atoms with E-state index in [1.165, 1.54) is 51.4 Å². The van der Waals surface area contributed by atoms with E-state index in [1.54, 1.807) is 0 Å². The summed E-state index contributed by atoms with van der Waals surface area (Å²) in [5, 5.41) is 4.52. The number of hydrogen-bond acceptors (Lipinski definition) is 0. The molecule has 1 nitrogen and oxygen atoms in total. The Morgan fingerprint density at radius 3 is 2.67 bits per heavy atom. The normalized spacial score (nSPS) is 17.9. The smallest absolute Gasteiger partial charge is 0.0314 e. The SMILES string of the molecule is CCCCCC[N]C/C=C/C1CCCC1. The van der Waals surface area contributed by atoms with Crippen LogP contribution in [0.4, 0.5) is 0 Å². The van der Waals surface area contributed by atoms with Crippen LogP contribution < -0.4 is 5.32 Å². The Morgan fingerprint density at radius 2 is 1.93 bits per heavy atom. The highest BCUT2D eigenvalue weighted by molar-refractivity contribution is 4.91. The van der Waals surface area contributed by atoms with E-state index in [-0.39, 0.29) is 0 Å². The van der Waals surface area contributed by atoms with Gasteiger partial charge in [0.25, 0.3) is 0 Å². The van der Waals surface area contributed by atoms with Gasteiger partial charge in [0.2, 0.25) is 0 Å². The summed E-state index contributed by atoms with van der Waals surface area (Å²) in [4.78, 5) is 0. The third-order valence-corrected chi connectivity index (χ3v) is 3.21. The molecule has 0 aromatic carbocycles. The molecule has 0 heterocycles. The zero-order valence-corrected chi connectivity index (χ0v) is 10.3. The molecule has 1 saturated carbocycles. The van der Waals surface area contributed by atoms with Crippen molar-refractivity contribution in [3.8, 4) is 0 Å². The van der Waals surface area contributed by atoms with Gasteiger partial charge in [0.1, 0.15) is 0 Å². The molecule has 1 heteroatoms. The van der Waals surface area contributed by atoms with E-state index in [0.29, 0.717) is 0 Å². The Labute approximate surface area is 95.3 Å². The first kappa shape index (κ1) is 12.8. The number of nitrogens with zero attached hydrogens (tertiary/aromatic N) is 1. The molecule has 0 aromatic heterocycles. The molecule has 1 fully saturated rings. The molecule has 1 aliphatic carbocycles. The maximum absolute atomic E-state index is 4.52. The van der Waals surface area contributed by atoms with Gasteiger partial charge in [0, 0.05) is 13.1 Å². The van der Waals surface area contributed by atoms with Crippen LogP contribution >= 0.6 is 0 Å². The van der Waals surface area contributed by atoms with Gasteiger partial charge in [-0.2, -0.15) is 0 Å². The van der Waals surface area contributed by atoms with Crippen LogP contribution in [-0.2, 0) is 0 Å². The number of hydrogen-bond donors (Lipinski definition) is 0. The third kappa shape index (κ3) is 6.72. The standard InChI is InChI=1S/C14H26N/c1-2-3-4-7-12-15-13-8-11-14-9-5-6-10-14/h8,11,14H,2-7,9-10,12-13H2,1H3/b11-8+. The van der Waals surface area contributed by atoms with Gasteiger partial charge in [-0.3, -0.25) is 0 Å². The fourth-order valence-electron chi connectivity index (χ4n) is 2.22. The summed E-state index contributed by atoms with van der Waals surface area (Å²) in [6.07, 6.45) is 15.7. The summed E-state index contributed by atoms with van der Waals surface area (Å²) < 4.78 is 0. The van der Waals surface area contributed by atoms with E-state index in [4.69, 9.17) is 0 Å². The highest BCUT2D eigenvalue weighted by atomic mass is 14.8. The molecule has 0 atom stereocenters. The van der Waals surface area contributed by atoms with Crippen molar-refractivity contribution in [1.29, 1.82) is 0 Å². The van der Waals surface area contributed by atoms with Gasteiger partial charge in [-0.05, 0) is 25.2 Å². The van der Waals surface area contributed by atoms with Gasteiger partial charge in [-0.25, -0.2) is 5.32 Å². The molecular formula is C14H26N. The zero-order chi connectivity index (χ0) is 10.8. The molecular weight excluding hydrogens is 182 g/mol. The lowest BCUT2D eigenvalue weighted by atomic mass is 10.1. The monoisotopic (exact) mass is 208 g/mol. The van der Waals surface area contributed by atoms with Gasteiger partial charge in [-0.15, -0.1) is 0 Å². The molecule has 87 valence electrons. The third-order valence-electron chi connectivity index (χ3n) is 3.21. The first-order valence-corrected chi connectivity index (χ1v) is 6.73. The number of rotatable bonds is 8. The number of allylic oxidation sites excluding steroid dienone is 1. The summed E-state index contributed by atoms with van der Waals surface area (Å²) >= 11 is 0. The highest BCUT2D eigenvalue weighted by Gasteiger charge is 2.10. The molecule has 1 rings (SSSR count). The zero-order valence-electron chi connectivity index (χ0n) is 10.3. The molecule has 0 N–H and O–H groups in total. The van der Waals surface area contributed by atoms with Crippen LogP contribution in [0.1, 0.15) is 58.3 Å². The van der Waals surface area contributed by atoms with Crippen molar-refractivity contribution in [3.05, 3.63) is 12.2 Å². The van der Waals surface area contributed by atoms with E-state index in [1.807, 2.05) is 0 Å². The average Bonchev–Trinajstić information content (AvgIpc) is 2.75. The van der Waals surface area contributed by atoms with E-state index >= 15 is 0 Å². The molecule has 0 aliphatic heterocycles. The van der Waals surface area contributed by atoms with Gasteiger partial charge < -0.3 is 0 Å². The van der Waals surface area contributed by atoms with Crippen LogP contribution in [0.3, 0.4) is 0 Å². The van der Waals surface area contributed by atoms with Gasteiger partial charge in [-0.1, -0.05) is 51.2 Å². The summed E-state index contributed by atoms with van der Waals surface area (Å²) in [7, 11) is 0. The molecule has 15 heavy (non-hydrogen) atoms. The molecule has 0 unspecified atom stereocenters. The summed E-state index contributed by atoms with van der Waals surface area (Å²) in [5.41, 5.74) is 0. The minimum atomic E-state index is 0.875. The lowest BCUT2D eigenvalue weighted by Crippen LogP contribution is -2.06. The Kier molecular flexibility index (Phi) is 7.63. The Bertz CT molecular complexity index is 157. The molecule has 0 saturated heterocycles. The first-order chi connectivity index (χ1) is 7.43. The second-order valence-electron chi connectivity index (χ2n) is 4.66. The van der Waals surface area contributed by atoms with Crippen molar-refractivity contribution in [3.63, 3.8) is 0 Å². The van der Waals surface area contributed by atoms with Crippen LogP contribution in [0.5, 0.6) is 0 Å². The first-order valence-electron chi connectivity index (χ1n) is 6.73. The van der Waals surface area contributed by atoms with Crippen molar-refractivity contribution in [2.24, 2.45) is 5.92 Å². The van der Waals surface area contributed by atoms with Crippen molar-refractivity contribution >= 4 is 0 Å². The van der Waals surface area contributed by atoms with E-state index in [2.05, 4.69) is 24.4 Å². The second-order valence-corrected chi connectivity index (χ2v) is 4.66. The van der Waals surface area contributed by atoms with Gasteiger partial charge in [0.05, 0.1) is 0 Å². The number of unbranched alkanes of at least 4 members (excludes halogenated alkanes) is 3. The van der Waals surface area contributed by atoms with E-state index in [0.717, 1.165) is 19.0 Å². The summed E-state index contributed by atoms with van der Waals surface area (Å²) in [6, 6.07) is 0. The predicted molar refractivity (Wildman–Crippen MR) is 67.1 cm³/mol. The minimum absolute atomic E-state index is 0.875. The van der Waals surface area contributed by atoms with Crippen LogP contribution in [0.15, 0.2) is 12.2 Å². The maximum atomic E-state index is 4.52. The topological polar surface area (TPSA) is 14.1 Å². The van der Waals surface area contributed by atoms with Crippen LogP contribution in [-0.4, -0.2) is 13.1 Å². The highest BCUT2D eigenvalue weighted by Crippen LogP contribution is 2.25. The second kappa shape index (κ2) is 8.96. The van der Waals surface area contributed by atoms with Crippen LogP contribution in [0.2, 0.25) is 0 Å². The van der Waals surface area contributed by atoms with Gasteiger partial charge in [0.15, 0.2) is 0 Å². The predicted octanol–water partition coefficient (Wildman–Crippen LogP) is 3.92. The quantitative estimate of drug-likeness (QED) is 0.424.